The molecule has 0 aliphatic carbocycles. The molecule has 2 heterocycles. The van der Waals surface area contributed by atoms with Crippen LogP contribution in [0, 0.1) is 0 Å². The molecule has 0 spiro atoms. The van der Waals surface area contributed by atoms with Crippen molar-refractivity contribution in [3.8, 4) is 0 Å². The van der Waals surface area contributed by atoms with Gasteiger partial charge in [-0.25, -0.2) is 9.78 Å². The molecule has 1 amide bonds. The molecule has 0 bridgehead atoms. The quantitative estimate of drug-likeness (QED) is 0.679. The van der Waals surface area contributed by atoms with Crippen molar-refractivity contribution in [1.82, 2.24) is 14.5 Å². The van der Waals surface area contributed by atoms with Gasteiger partial charge in [0, 0.05) is 13.0 Å². The summed E-state index contributed by atoms with van der Waals surface area (Å²) in [5, 5.41) is 9.77. The third kappa shape index (κ3) is 4.75. The third-order valence-electron chi connectivity index (χ3n) is 6.53. The van der Waals surface area contributed by atoms with Gasteiger partial charge < -0.3 is 19.0 Å². The molecule has 30 heavy (non-hydrogen) atoms. The maximum absolute atomic E-state index is 13.0. The van der Waals surface area contributed by atoms with Gasteiger partial charge in [-0.05, 0) is 43.1 Å². The highest BCUT2D eigenvalue weighted by Crippen LogP contribution is 2.39. The molecule has 1 fully saturated rings. The standard InChI is InChI=1S/C22H33N3O4Si/c1-22(2,3)30(4,5)29-20-11-8-12-25(21(27)28)19(20)13-16(26)14-24-15-23-17-9-6-7-10-18(17)24/h6-7,9-10,15,19-20H,8,11-14H2,1-5H3,(H,27,28)/t19-,20+/m1/s1. The monoisotopic (exact) mass is 431 g/mol. The normalized spacial score (nSPS) is 20.5. The van der Waals surface area contributed by atoms with E-state index in [1.165, 1.54) is 4.90 Å². The van der Waals surface area contributed by atoms with Gasteiger partial charge >= 0.3 is 6.09 Å². The van der Waals surface area contributed by atoms with Crippen LogP contribution in [0.25, 0.3) is 11.0 Å². The summed E-state index contributed by atoms with van der Waals surface area (Å²) in [6, 6.07) is 7.22. The van der Waals surface area contributed by atoms with Gasteiger partial charge in [0.05, 0.1) is 36.1 Å². The highest BCUT2D eigenvalue weighted by Gasteiger charge is 2.44. The van der Waals surface area contributed by atoms with E-state index in [1.54, 1.807) is 6.33 Å². The number of imidazole rings is 1. The number of carboxylic acid groups (broad SMARTS) is 1. The molecular formula is C22H33N3O4Si. The van der Waals surface area contributed by atoms with E-state index in [2.05, 4.69) is 38.8 Å². The summed E-state index contributed by atoms with van der Waals surface area (Å²) in [5.41, 5.74) is 1.74. The van der Waals surface area contributed by atoms with Crippen LogP contribution in [0.4, 0.5) is 4.79 Å². The first-order valence-corrected chi connectivity index (χ1v) is 13.5. The Kier molecular flexibility index (Phi) is 6.38. The number of likely N-dealkylation sites (tertiary alicyclic amines) is 1. The summed E-state index contributed by atoms with van der Waals surface area (Å²) >= 11 is 0. The highest BCUT2D eigenvalue weighted by molar-refractivity contribution is 6.74. The van der Waals surface area contributed by atoms with E-state index >= 15 is 0 Å². The van der Waals surface area contributed by atoms with Gasteiger partial charge in [-0.2, -0.15) is 0 Å². The van der Waals surface area contributed by atoms with Crippen molar-refractivity contribution >= 4 is 31.2 Å². The van der Waals surface area contributed by atoms with E-state index in [0.717, 1.165) is 23.9 Å². The first kappa shape index (κ1) is 22.5. The molecule has 1 aliphatic heterocycles. The van der Waals surface area contributed by atoms with E-state index in [0.29, 0.717) is 6.54 Å². The Morgan fingerprint density at radius 2 is 1.97 bits per heavy atom. The topological polar surface area (TPSA) is 84.7 Å². The minimum absolute atomic E-state index is 0.0138. The molecule has 1 saturated heterocycles. The Morgan fingerprint density at radius 3 is 2.63 bits per heavy atom. The lowest BCUT2D eigenvalue weighted by molar-refractivity contribution is -0.122. The lowest BCUT2D eigenvalue weighted by Crippen LogP contribution is -2.56. The van der Waals surface area contributed by atoms with Crippen molar-refractivity contribution in [3.05, 3.63) is 30.6 Å². The van der Waals surface area contributed by atoms with Crippen LogP contribution in [-0.2, 0) is 15.8 Å². The zero-order valence-corrected chi connectivity index (χ0v) is 19.6. The van der Waals surface area contributed by atoms with Gasteiger partial charge in [-0.3, -0.25) is 4.79 Å². The fourth-order valence-corrected chi connectivity index (χ4v) is 5.20. The van der Waals surface area contributed by atoms with Gasteiger partial charge in [0.25, 0.3) is 0 Å². The number of ketones is 1. The molecule has 0 radical (unpaired) electrons. The number of fused-ring (bicyclic) bond motifs is 1. The van der Waals surface area contributed by atoms with Gasteiger partial charge in [-0.15, -0.1) is 0 Å². The predicted molar refractivity (Wildman–Crippen MR) is 119 cm³/mol. The van der Waals surface area contributed by atoms with Crippen molar-refractivity contribution in [1.29, 1.82) is 0 Å². The van der Waals surface area contributed by atoms with Crippen molar-refractivity contribution in [2.24, 2.45) is 0 Å². The minimum Gasteiger partial charge on any atom is -0.465 e. The molecule has 1 aromatic heterocycles. The molecule has 1 aromatic carbocycles. The van der Waals surface area contributed by atoms with Crippen molar-refractivity contribution in [2.75, 3.05) is 6.54 Å². The van der Waals surface area contributed by atoms with E-state index in [4.69, 9.17) is 4.43 Å². The smallest absolute Gasteiger partial charge is 0.407 e. The average molecular weight is 432 g/mol. The van der Waals surface area contributed by atoms with Crippen LogP contribution in [-0.4, -0.2) is 58.4 Å². The maximum Gasteiger partial charge on any atom is 0.407 e. The molecule has 1 N–H and O–H groups in total. The summed E-state index contributed by atoms with van der Waals surface area (Å²) in [6.07, 6.45) is 2.12. The third-order valence-corrected chi connectivity index (χ3v) is 11.0. The van der Waals surface area contributed by atoms with Gasteiger partial charge in [0.15, 0.2) is 14.1 Å². The number of carbonyl (C=O) groups excluding carboxylic acids is 1. The number of Topliss-reactive ketones (excluding diaryl/α,β-unsaturated/α-hetero) is 1. The summed E-state index contributed by atoms with van der Waals surface area (Å²) in [7, 11) is -2.10. The van der Waals surface area contributed by atoms with Crippen molar-refractivity contribution in [3.63, 3.8) is 0 Å². The Hall–Kier alpha value is -2.19. The Morgan fingerprint density at radius 1 is 1.27 bits per heavy atom. The maximum atomic E-state index is 13.0. The van der Waals surface area contributed by atoms with Crippen LogP contribution in [0.5, 0.6) is 0 Å². The van der Waals surface area contributed by atoms with Crippen LogP contribution in [0.15, 0.2) is 30.6 Å². The second-order valence-corrected chi connectivity index (χ2v) is 14.5. The van der Waals surface area contributed by atoms with Crippen molar-refractivity contribution in [2.45, 2.75) is 76.9 Å². The molecule has 0 saturated carbocycles. The largest absolute Gasteiger partial charge is 0.465 e. The van der Waals surface area contributed by atoms with Gasteiger partial charge in [0.2, 0.25) is 0 Å². The molecule has 7 nitrogen and oxygen atoms in total. The van der Waals surface area contributed by atoms with E-state index in [9.17, 15) is 14.7 Å². The molecular weight excluding hydrogens is 398 g/mol. The number of hydrogen-bond donors (Lipinski definition) is 1. The lowest BCUT2D eigenvalue weighted by atomic mass is 9.95. The SMILES string of the molecule is CC(C)(C)[Si](C)(C)O[C@H]1CCCN(C(=O)O)[C@@H]1CC(=O)Cn1cnc2ccccc21. The Balaban J connectivity index is 1.78. The summed E-state index contributed by atoms with van der Waals surface area (Å²) in [6.45, 7) is 11.5. The Labute approximate surface area is 179 Å². The zero-order chi connectivity index (χ0) is 22.1. The fraction of sp³-hybridized carbons (Fsp3) is 0.591. The summed E-state index contributed by atoms with van der Waals surface area (Å²) < 4.78 is 8.43. The zero-order valence-electron chi connectivity index (χ0n) is 18.6. The van der Waals surface area contributed by atoms with Gasteiger partial charge in [-0.1, -0.05) is 32.9 Å². The molecule has 2 aromatic rings. The minimum atomic E-state index is -2.10. The molecule has 0 unspecified atom stereocenters. The predicted octanol–water partition coefficient (Wildman–Crippen LogP) is 4.53. The van der Waals surface area contributed by atoms with Crippen LogP contribution < -0.4 is 0 Å². The Bertz CT molecular complexity index is 918. The summed E-state index contributed by atoms with van der Waals surface area (Å²) in [4.78, 5) is 30.6. The average Bonchev–Trinajstić information content (AvgIpc) is 3.04. The van der Waals surface area contributed by atoms with E-state index in [1.807, 2.05) is 28.8 Å². The number of amides is 1. The van der Waals surface area contributed by atoms with E-state index in [-0.39, 0.29) is 29.9 Å². The molecule has 1 aliphatic rings. The lowest BCUT2D eigenvalue weighted by Gasteiger charge is -2.45. The first-order chi connectivity index (χ1) is 14.0. The number of carbonyl (C=O) groups is 2. The number of benzene rings is 1. The van der Waals surface area contributed by atoms with Crippen LogP contribution in [0.3, 0.4) is 0 Å². The van der Waals surface area contributed by atoms with Crippen LogP contribution in [0.2, 0.25) is 18.1 Å². The number of nitrogens with zero attached hydrogens (tertiary/aromatic N) is 3. The molecule has 3 rings (SSSR count). The molecule has 164 valence electrons. The molecule has 8 heteroatoms. The van der Waals surface area contributed by atoms with Crippen LogP contribution >= 0.6 is 0 Å². The second kappa shape index (κ2) is 8.51. The highest BCUT2D eigenvalue weighted by atomic mass is 28.4. The van der Waals surface area contributed by atoms with Crippen molar-refractivity contribution < 1.29 is 19.1 Å². The first-order valence-electron chi connectivity index (χ1n) is 10.6. The second-order valence-electron chi connectivity index (χ2n) is 9.71. The molecule has 2 atom stereocenters. The van der Waals surface area contributed by atoms with Gasteiger partial charge in [0.1, 0.15) is 0 Å². The number of para-hydroxylation sites is 2. The van der Waals surface area contributed by atoms with E-state index < -0.39 is 20.5 Å². The number of aromatic nitrogens is 2. The van der Waals surface area contributed by atoms with Crippen LogP contribution in [0.1, 0.15) is 40.0 Å². The summed E-state index contributed by atoms with van der Waals surface area (Å²) in [5.74, 6) is -0.0138. The number of rotatable bonds is 6. The number of hydrogen-bond acceptors (Lipinski definition) is 4. The fourth-order valence-electron chi connectivity index (χ4n) is 3.82. The number of piperidine rings is 1.